The molecule has 5 nitrogen and oxygen atoms in total. The largest absolute Gasteiger partial charge is 0.465 e. The Labute approximate surface area is 123 Å². The predicted octanol–water partition coefficient (Wildman–Crippen LogP) is 1.79. The molecular weight excluding hydrogens is 275 g/mol. The molecule has 0 saturated heterocycles. The highest BCUT2D eigenvalue weighted by atomic mass is 19.1. The standard InChI is InChI=1S/C15H19FN2O3/c1-2-21-15(20)10-18(11-7-8-11)9-14(19)17-13-6-4-3-5-12(13)16/h3-6,11H,2,7-10H2,1H3,(H,17,19). The number of nitrogens with zero attached hydrogens (tertiary/aromatic N) is 1. The Morgan fingerprint density at radius 3 is 2.67 bits per heavy atom. The molecule has 2 rings (SSSR count). The fourth-order valence-electron chi connectivity index (χ4n) is 2.06. The van der Waals surface area contributed by atoms with Crippen molar-refractivity contribution in [2.75, 3.05) is 25.0 Å². The Bertz CT molecular complexity index is 517. The molecule has 0 unspecified atom stereocenters. The molecule has 114 valence electrons. The van der Waals surface area contributed by atoms with Crippen molar-refractivity contribution in [1.82, 2.24) is 4.90 Å². The minimum Gasteiger partial charge on any atom is -0.465 e. The van der Waals surface area contributed by atoms with Crippen LogP contribution < -0.4 is 5.32 Å². The van der Waals surface area contributed by atoms with E-state index in [2.05, 4.69) is 5.32 Å². The van der Waals surface area contributed by atoms with Crippen molar-refractivity contribution in [2.24, 2.45) is 0 Å². The van der Waals surface area contributed by atoms with Crippen molar-refractivity contribution in [2.45, 2.75) is 25.8 Å². The van der Waals surface area contributed by atoms with Gasteiger partial charge in [-0.25, -0.2) is 4.39 Å². The summed E-state index contributed by atoms with van der Waals surface area (Å²) >= 11 is 0. The molecule has 1 N–H and O–H groups in total. The highest BCUT2D eigenvalue weighted by Crippen LogP contribution is 2.26. The van der Waals surface area contributed by atoms with Crippen LogP contribution in [0.2, 0.25) is 0 Å². The summed E-state index contributed by atoms with van der Waals surface area (Å²) in [5, 5.41) is 2.52. The smallest absolute Gasteiger partial charge is 0.320 e. The molecule has 0 heterocycles. The number of anilines is 1. The van der Waals surface area contributed by atoms with E-state index in [0.717, 1.165) is 12.8 Å². The molecule has 1 aromatic carbocycles. The third-order valence-corrected chi connectivity index (χ3v) is 3.20. The van der Waals surface area contributed by atoms with Crippen molar-refractivity contribution in [3.8, 4) is 0 Å². The van der Waals surface area contributed by atoms with Gasteiger partial charge in [0.15, 0.2) is 0 Å². The van der Waals surface area contributed by atoms with Crippen molar-refractivity contribution < 1.29 is 18.7 Å². The maximum Gasteiger partial charge on any atom is 0.320 e. The molecule has 0 spiro atoms. The summed E-state index contributed by atoms with van der Waals surface area (Å²) in [6.07, 6.45) is 1.93. The molecule has 21 heavy (non-hydrogen) atoms. The first-order valence-corrected chi connectivity index (χ1v) is 7.04. The van der Waals surface area contributed by atoms with Gasteiger partial charge in [-0.2, -0.15) is 0 Å². The summed E-state index contributed by atoms with van der Waals surface area (Å²) in [5.74, 6) is -1.16. The fourth-order valence-corrected chi connectivity index (χ4v) is 2.06. The SMILES string of the molecule is CCOC(=O)CN(CC(=O)Nc1ccccc1F)C1CC1. The first-order valence-electron chi connectivity index (χ1n) is 7.04. The van der Waals surface area contributed by atoms with Crippen LogP contribution in [0.4, 0.5) is 10.1 Å². The molecule has 1 saturated carbocycles. The summed E-state index contributed by atoms with van der Waals surface area (Å²) in [5.41, 5.74) is 0.148. The maximum absolute atomic E-state index is 13.5. The molecule has 6 heteroatoms. The lowest BCUT2D eigenvalue weighted by atomic mass is 10.3. The molecule has 1 amide bonds. The highest BCUT2D eigenvalue weighted by Gasteiger charge is 2.32. The van der Waals surface area contributed by atoms with Crippen LogP contribution in [0.5, 0.6) is 0 Å². The predicted molar refractivity (Wildman–Crippen MR) is 76.3 cm³/mol. The van der Waals surface area contributed by atoms with Gasteiger partial charge >= 0.3 is 5.97 Å². The molecule has 1 aliphatic carbocycles. The van der Waals surface area contributed by atoms with Gasteiger partial charge in [-0.15, -0.1) is 0 Å². The zero-order valence-corrected chi connectivity index (χ0v) is 12.0. The number of hydrogen-bond donors (Lipinski definition) is 1. The molecule has 1 fully saturated rings. The molecular formula is C15H19FN2O3. The third kappa shape index (κ3) is 4.82. The normalized spacial score (nSPS) is 14.0. The average molecular weight is 294 g/mol. The topological polar surface area (TPSA) is 58.6 Å². The van der Waals surface area contributed by atoms with E-state index in [4.69, 9.17) is 4.74 Å². The van der Waals surface area contributed by atoms with Crippen LogP contribution in [0.3, 0.4) is 0 Å². The lowest BCUT2D eigenvalue weighted by molar-refractivity contribution is -0.144. The molecule has 0 bridgehead atoms. The second kappa shape index (κ2) is 7.17. The number of ether oxygens (including phenoxy) is 1. The Balaban J connectivity index is 1.89. The van der Waals surface area contributed by atoms with Gasteiger partial charge in [-0.3, -0.25) is 14.5 Å². The Morgan fingerprint density at radius 2 is 2.05 bits per heavy atom. The summed E-state index contributed by atoms with van der Waals surface area (Å²) < 4.78 is 18.4. The second-order valence-electron chi connectivity index (χ2n) is 4.97. The maximum atomic E-state index is 13.5. The van der Waals surface area contributed by atoms with Gasteiger partial charge in [-0.05, 0) is 31.9 Å². The number of esters is 1. The van der Waals surface area contributed by atoms with Gasteiger partial charge in [-0.1, -0.05) is 12.1 Å². The van der Waals surface area contributed by atoms with Crippen LogP contribution in [0.1, 0.15) is 19.8 Å². The Morgan fingerprint density at radius 1 is 1.33 bits per heavy atom. The van der Waals surface area contributed by atoms with Crippen molar-refractivity contribution in [3.63, 3.8) is 0 Å². The van der Waals surface area contributed by atoms with E-state index in [-0.39, 0.29) is 36.7 Å². The average Bonchev–Trinajstić information content (AvgIpc) is 3.25. The number of amides is 1. The molecule has 0 aliphatic heterocycles. The molecule has 0 atom stereocenters. The van der Waals surface area contributed by atoms with E-state index in [9.17, 15) is 14.0 Å². The molecule has 0 aromatic heterocycles. The van der Waals surface area contributed by atoms with Gasteiger partial charge in [0.1, 0.15) is 5.82 Å². The zero-order valence-electron chi connectivity index (χ0n) is 12.0. The summed E-state index contributed by atoms with van der Waals surface area (Å²) in [7, 11) is 0. The first kappa shape index (κ1) is 15.4. The third-order valence-electron chi connectivity index (χ3n) is 3.20. The highest BCUT2D eigenvalue weighted by molar-refractivity contribution is 5.92. The lowest BCUT2D eigenvalue weighted by Crippen LogP contribution is -2.39. The van der Waals surface area contributed by atoms with Crippen LogP contribution in [0.25, 0.3) is 0 Å². The molecule has 0 radical (unpaired) electrons. The second-order valence-corrected chi connectivity index (χ2v) is 4.97. The van der Waals surface area contributed by atoms with E-state index in [1.165, 1.54) is 12.1 Å². The lowest BCUT2D eigenvalue weighted by Gasteiger charge is -2.20. The number of rotatable bonds is 7. The van der Waals surface area contributed by atoms with Gasteiger partial charge in [0.05, 0.1) is 25.4 Å². The Hall–Kier alpha value is -1.95. The zero-order chi connectivity index (χ0) is 15.2. The minimum atomic E-state index is -0.478. The molecule has 1 aliphatic rings. The number of carbonyl (C=O) groups is 2. The number of halogens is 1. The number of hydrogen-bond acceptors (Lipinski definition) is 4. The minimum absolute atomic E-state index is 0.0534. The van der Waals surface area contributed by atoms with Crippen molar-refractivity contribution >= 4 is 17.6 Å². The number of benzene rings is 1. The quantitative estimate of drug-likeness (QED) is 0.779. The van der Waals surface area contributed by atoms with Crippen molar-refractivity contribution in [1.29, 1.82) is 0 Å². The molecule has 1 aromatic rings. The number of para-hydroxylation sites is 1. The van der Waals surface area contributed by atoms with Crippen molar-refractivity contribution in [3.05, 3.63) is 30.1 Å². The van der Waals surface area contributed by atoms with Gasteiger partial charge < -0.3 is 10.1 Å². The number of nitrogens with one attached hydrogen (secondary N) is 1. The summed E-state index contributed by atoms with van der Waals surface area (Å²) in [6, 6.07) is 6.23. The van der Waals surface area contributed by atoms with Gasteiger partial charge in [0, 0.05) is 6.04 Å². The van der Waals surface area contributed by atoms with Crippen LogP contribution in [0, 0.1) is 5.82 Å². The van der Waals surface area contributed by atoms with E-state index in [0.29, 0.717) is 6.61 Å². The van der Waals surface area contributed by atoms with Crippen LogP contribution in [0.15, 0.2) is 24.3 Å². The Kier molecular flexibility index (Phi) is 5.27. The summed E-state index contributed by atoms with van der Waals surface area (Å²) in [4.78, 5) is 25.3. The van der Waals surface area contributed by atoms with E-state index < -0.39 is 5.82 Å². The first-order chi connectivity index (χ1) is 10.1. The van der Waals surface area contributed by atoms with Gasteiger partial charge in [0.2, 0.25) is 5.91 Å². The van der Waals surface area contributed by atoms with E-state index >= 15 is 0 Å². The van der Waals surface area contributed by atoms with Crippen LogP contribution in [-0.2, 0) is 14.3 Å². The van der Waals surface area contributed by atoms with Crippen LogP contribution >= 0.6 is 0 Å². The van der Waals surface area contributed by atoms with E-state index in [1.54, 1.807) is 24.0 Å². The fraction of sp³-hybridized carbons (Fsp3) is 0.467. The van der Waals surface area contributed by atoms with Crippen LogP contribution in [-0.4, -0.2) is 42.5 Å². The summed E-state index contributed by atoms with van der Waals surface area (Å²) in [6.45, 7) is 2.20. The number of carbonyl (C=O) groups excluding carboxylic acids is 2. The van der Waals surface area contributed by atoms with Gasteiger partial charge in [0.25, 0.3) is 0 Å². The van der Waals surface area contributed by atoms with E-state index in [1.807, 2.05) is 0 Å². The monoisotopic (exact) mass is 294 g/mol.